The maximum absolute atomic E-state index is 9.91. The summed E-state index contributed by atoms with van der Waals surface area (Å²) in [6, 6.07) is 0. The number of carbonyl (C=O) groups is 1. The lowest BCUT2D eigenvalue weighted by Gasteiger charge is -1.99. The van der Waals surface area contributed by atoms with Crippen molar-refractivity contribution < 1.29 is 9.90 Å². The van der Waals surface area contributed by atoms with E-state index in [1.54, 1.807) is 0 Å². The Labute approximate surface area is 69.8 Å². The molecule has 0 atom stereocenters. The molecule has 60 valence electrons. The predicted molar refractivity (Wildman–Crippen MR) is 41.9 cm³/mol. The van der Waals surface area contributed by atoms with Gasteiger partial charge in [0.2, 0.25) is 0 Å². The highest BCUT2D eigenvalue weighted by molar-refractivity contribution is 9.09. The van der Waals surface area contributed by atoms with Gasteiger partial charge in [-0.05, 0) is 19.3 Å². The molecule has 2 nitrogen and oxygen atoms in total. The van der Waals surface area contributed by atoms with Gasteiger partial charge in [0.25, 0.3) is 0 Å². The molecule has 0 aromatic carbocycles. The summed E-state index contributed by atoms with van der Waals surface area (Å²) in [5.74, 6) is -0.932. The number of carbonyl (C=O) groups excluding carboxylic acids is 1. The fraction of sp³-hybridized carbons (Fsp3) is 0.857. The van der Waals surface area contributed by atoms with Crippen LogP contribution in [-0.2, 0) is 4.79 Å². The quantitative estimate of drug-likeness (QED) is 0.484. The number of carboxylic acid groups (broad SMARTS) is 1. The van der Waals surface area contributed by atoms with Gasteiger partial charge in [-0.25, -0.2) is 0 Å². The van der Waals surface area contributed by atoms with Gasteiger partial charge >= 0.3 is 0 Å². The van der Waals surface area contributed by atoms with Gasteiger partial charge in [-0.15, -0.1) is 0 Å². The van der Waals surface area contributed by atoms with Crippen LogP contribution in [0.15, 0.2) is 0 Å². The number of hydrogen-bond acceptors (Lipinski definition) is 2. The lowest BCUT2D eigenvalue weighted by atomic mass is 10.2. The van der Waals surface area contributed by atoms with Crippen molar-refractivity contribution in [1.82, 2.24) is 0 Å². The standard InChI is InChI=1S/C7H13BrO2/c8-6-4-2-1-3-5-7(9)10/h1-6H2,(H,9,10)/p-1. The fourth-order valence-corrected chi connectivity index (χ4v) is 1.11. The zero-order valence-electron chi connectivity index (χ0n) is 5.94. The molecule has 3 heteroatoms. The van der Waals surface area contributed by atoms with Crippen molar-refractivity contribution in [2.24, 2.45) is 0 Å². The summed E-state index contributed by atoms with van der Waals surface area (Å²) in [5, 5.41) is 10.9. The van der Waals surface area contributed by atoms with E-state index in [-0.39, 0.29) is 6.42 Å². The summed E-state index contributed by atoms with van der Waals surface area (Å²) >= 11 is 3.30. The van der Waals surface area contributed by atoms with E-state index in [4.69, 9.17) is 0 Å². The molecule has 0 aliphatic rings. The lowest BCUT2D eigenvalue weighted by molar-refractivity contribution is -0.305. The molecule has 0 radical (unpaired) electrons. The average molecular weight is 208 g/mol. The molecule has 0 heterocycles. The molecule has 0 bridgehead atoms. The van der Waals surface area contributed by atoms with Gasteiger partial charge in [-0.1, -0.05) is 28.8 Å². The van der Waals surface area contributed by atoms with Crippen LogP contribution in [0, 0.1) is 0 Å². The molecule has 0 saturated heterocycles. The van der Waals surface area contributed by atoms with Crippen LogP contribution in [0.2, 0.25) is 0 Å². The van der Waals surface area contributed by atoms with Crippen molar-refractivity contribution in [3.05, 3.63) is 0 Å². The Hall–Kier alpha value is -0.0500. The highest BCUT2D eigenvalue weighted by atomic mass is 79.9. The van der Waals surface area contributed by atoms with Gasteiger partial charge in [-0.3, -0.25) is 0 Å². The first kappa shape index (κ1) is 9.95. The Kier molecular flexibility index (Phi) is 7.03. The zero-order valence-corrected chi connectivity index (χ0v) is 7.52. The minimum absolute atomic E-state index is 0.211. The van der Waals surface area contributed by atoms with Crippen molar-refractivity contribution >= 4 is 21.9 Å². The molecule has 0 saturated carbocycles. The molecular formula is C7H12BrO2-. The van der Waals surface area contributed by atoms with Crippen molar-refractivity contribution in [3.8, 4) is 0 Å². The van der Waals surface area contributed by atoms with Gasteiger partial charge in [0.05, 0.1) is 0 Å². The summed E-state index contributed by atoms with van der Waals surface area (Å²) in [5.41, 5.74) is 0. The number of halogens is 1. The van der Waals surface area contributed by atoms with Gasteiger partial charge in [0, 0.05) is 11.3 Å². The maximum Gasteiger partial charge on any atom is 0.0414 e. The van der Waals surface area contributed by atoms with Crippen molar-refractivity contribution in [3.63, 3.8) is 0 Å². The van der Waals surface area contributed by atoms with Crippen molar-refractivity contribution in [2.75, 3.05) is 5.33 Å². The molecule has 0 spiro atoms. The van der Waals surface area contributed by atoms with E-state index in [9.17, 15) is 9.90 Å². The van der Waals surface area contributed by atoms with Crippen LogP contribution in [0.4, 0.5) is 0 Å². The molecule has 0 aromatic rings. The van der Waals surface area contributed by atoms with E-state index < -0.39 is 5.97 Å². The largest absolute Gasteiger partial charge is 0.550 e. The minimum Gasteiger partial charge on any atom is -0.550 e. The van der Waals surface area contributed by atoms with Crippen LogP contribution in [0.25, 0.3) is 0 Å². The lowest BCUT2D eigenvalue weighted by Crippen LogP contribution is -2.21. The molecule has 0 fully saturated rings. The molecule has 0 amide bonds. The molecule has 0 aliphatic heterocycles. The number of rotatable bonds is 6. The topological polar surface area (TPSA) is 40.1 Å². The van der Waals surface area contributed by atoms with Crippen molar-refractivity contribution in [1.29, 1.82) is 0 Å². The van der Waals surface area contributed by atoms with Crippen LogP contribution in [-0.4, -0.2) is 11.3 Å². The number of unbranched alkanes of at least 4 members (excludes halogenated alkanes) is 3. The summed E-state index contributed by atoms with van der Waals surface area (Å²) < 4.78 is 0. The Morgan fingerprint density at radius 3 is 2.30 bits per heavy atom. The van der Waals surface area contributed by atoms with Crippen LogP contribution in [0.1, 0.15) is 32.1 Å². The third kappa shape index (κ3) is 7.95. The number of alkyl halides is 1. The van der Waals surface area contributed by atoms with E-state index >= 15 is 0 Å². The van der Waals surface area contributed by atoms with Gasteiger partial charge in [-0.2, -0.15) is 0 Å². The molecule has 0 N–H and O–H groups in total. The SMILES string of the molecule is O=C([O-])CCCCCCBr. The molecule has 0 rings (SSSR count). The van der Waals surface area contributed by atoms with E-state index in [1.807, 2.05) is 0 Å². The van der Waals surface area contributed by atoms with Crippen molar-refractivity contribution in [2.45, 2.75) is 32.1 Å². The van der Waals surface area contributed by atoms with Crippen LogP contribution < -0.4 is 5.11 Å². The first-order chi connectivity index (χ1) is 4.77. The van der Waals surface area contributed by atoms with Gasteiger partial charge in [0.1, 0.15) is 0 Å². The smallest absolute Gasteiger partial charge is 0.0414 e. The van der Waals surface area contributed by atoms with Gasteiger partial charge < -0.3 is 9.90 Å². The maximum atomic E-state index is 9.91. The normalized spacial score (nSPS) is 9.70. The zero-order chi connectivity index (χ0) is 7.82. The summed E-state index contributed by atoms with van der Waals surface area (Å²) in [7, 11) is 0. The number of carboxylic acids is 1. The Balaban J connectivity index is 2.84. The first-order valence-corrected chi connectivity index (χ1v) is 4.65. The van der Waals surface area contributed by atoms with E-state index in [2.05, 4.69) is 15.9 Å². The molecule has 0 aromatic heterocycles. The van der Waals surface area contributed by atoms with Gasteiger partial charge in [0.15, 0.2) is 0 Å². The summed E-state index contributed by atoms with van der Waals surface area (Å²) in [4.78, 5) is 9.91. The number of aliphatic carboxylic acids is 1. The summed E-state index contributed by atoms with van der Waals surface area (Å²) in [6.07, 6.45) is 4.21. The highest BCUT2D eigenvalue weighted by Gasteiger charge is 1.88. The predicted octanol–water partition coefficient (Wildman–Crippen LogP) is 1.08. The average Bonchev–Trinajstić information content (AvgIpc) is 1.87. The van der Waals surface area contributed by atoms with Crippen LogP contribution in [0.3, 0.4) is 0 Å². The molecule has 10 heavy (non-hydrogen) atoms. The third-order valence-corrected chi connectivity index (χ3v) is 1.83. The van der Waals surface area contributed by atoms with Crippen LogP contribution in [0.5, 0.6) is 0 Å². The van der Waals surface area contributed by atoms with E-state index in [1.165, 1.54) is 0 Å². The first-order valence-electron chi connectivity index (χ1n) is 3.53. The fourth-order valence-electron chi connectivity index (χ4n) is 0.717. The monoisotopic (exact) mass is 207 g/mol. The minimum atomic E-state index is -0.932. The molecular weight excluding hydrogens is 196 g/mol. The second kappa shape index (κ2) is 7.06. The molecule has 0 aliphatic carbocycles. The Morgan fingerprint density at radius 1 is 1.20 bits per heavy atom. The Bertz CT molecular complexity index is 93.6. The second-order valence-corrected chi connectivity index (χ2v) is 3.02. The van der Waals surface area contributed by atoms with E-state index in [0.717, 1.165) is 31.0 Å². The number of hydrogen-bond donors (Lipinski definition) is 0. The third-order valence-electron chi connectivity index (χ3n) is 1.26. The Morgan fingerprint density at radius 2 is 1.80 bits per heavy atom. The summed E-state index contributed by atoms with van der Waals surface area (Å²) in [6.45, 7) is 0. The molecule has 0 unspecified atom stereocenters. The highest BCUT2D eigenvalue weighted by Crippen LogP contribution is 2.03. The second-order valence-electron chi connectivity index (χ2n) is 2.23. The van der Waals surface area contributed by atoms with E-state index in [0.29, 0.717) is 0 Å². The van der Waals surface area contributed by atoms with Crippen LogP contribution >= 0.6 is 15.9 Å².